The molecule has 0 spiro atoms. The Kier molecular flexibility index (Phi) is 6.89. The van der Waals surface area contributed by atoms with Crippen LogP contribution in [0, 0.1) is 6.92 Å². The number of likely N-dealkylation sites (tertiary alicyclic amines) is 1. The fraction of sp³-hybridized carbons (Fsp3) is 0.600. The normalized spacial score (nSPS) is 18.0. The minimum atomic E-state index is -0.479. The number of carbonyl (C=O) groups excluding carboxylic acids is 1. The van der Waals surface area contributed by atoms with Crippen LogP contribution in [0.3, 0.4) is 0 Å². The van der Waals surface area contributed by atoms with E-state index < -0.39 is 5.60 Å². The number of hydrogen-bond donors (Lipinski definition) is 2. The smallest absolute Gasteiger partial charge is 0.407 e. The van der Waals surface area contributed by atoms with E-state index in [2.05, 4.69) is 53.6 Å². The molecule has 6 heteroatoms. The van der Waals surface area contributed by atoms with Crippen molar-refractivity contribution < 1.29 is 9.53 Å². The minimum absolute atomic E-state index is 0.0769. The molecule has 1 amide bonds. The molecular formula is C20H32N4O2. The number of nitrogens with one attached hydrogen (secondary N) is 2. The number of rotatable bonds is 4. The van der Waals surface area contributed by atoms with Crippen LogP contribution >= 0.6 is 0 Å². The Morgan fingerprint density at radius 2 is 2.00 bits per heavy atom. The summed E-state index contributed by atoms with van der Waals surface area (Å²) in [5.41, 5.74) is 1.96. The maximum atomic E-state index is 12.0. The first-order valence-electron chi connectivity index (χ1n) is 9.35. The van der Waals surface area contributed by atoms with Crippen molar-refractivity contribution in [2.45, 2.75) is 59.2 Å². The number of aliphatic imine (C=N–C) groups is 1. The molecule has 6 nitrogen and oxygen atoms in total. The van der Waals surface area contributed by atoms with Gasteiger partial charge in [-0.1, -0.05) is 29.8 Å². The van der Waals surface area contributed by atoms with Crippen molar-refractivity contribution in [3.8, 4) is 0 Å². The molecule has 1 fully saturated rings. The molecule has 26 heavy (non-hydrogen) atoms. The molecule has 1 aromatic rings. The zero-order chi connectivity index (χ0) is 19.2. The molecule has 0 radical (unpaired) electrons. The second kappa shape index (κ2) is 8.92. The van der Waals surface area contributed by atoms with E-state index >= 15 is 0 Å². The van der Waals surface area contributed by atoms with Crippen LogP contribution in [0.5, 0.6) is 0 Å². The number of guanidine groups is 1. The SMILES string of the molecule is CCNC(=NCc1ccc(C)cc1)N1CCC(NC(=O)OC(C)(C)C)C1. The molecule has 1 unspecified atom stereocenters. The van der Waals surface area contributed by atoms with Gasteiger partial charge in [0.15, 0.2) is 5.96 Å². The Hall–Kier alpha value is -2.24. The van der Waals surface area contributed by atoms with Crippen LogP contribution in [0.15, 0.2) is 29.3 Å². The monoisotopic (exact) mass is 360 g/mol. The van der Waals surface area contributed by atoms with Gasteiger partial charge in [-0.15, -0.1) is 0 Å². The highest BCUT2D eigenvalue weighted by Crippen LogP contribution is 2.13. The van der Waals surface area contributed by atoms with Gasteiger partial charge in [0, 0.05) is 19.6 Å². The van der Waals surface area contributed by atoms with Crippen molar-refractivity contribution in [1.82, 2.24) is 15.5 Å². The maximum absolute atomic E-state index is 12.0. The Morgan fingerprint density at radius 3 is 2.62 bits per heavy atom. The van der Waals surface area contributed by atoms with E-state index in [1.54, 1.807) is 0 Å². The summed E-state index contributed by atoms with van der Waals surface area (Å²) in [5, 5.41) is 6.31. The Bertz CT molecular complexity index is 620. The fourth-order valence-corrected chi connectivity index (χ4v) is 2.83. The molecule has 0 bridgehead atoms. The average Bonchev–Trinajstić information content (AvgIpc) is 2.99. The number of aryl methyl sites for hydroxylation is 1. The Balaban J connectivity index is 1.92. The van der Waals surface area contributed by atoms with Crippen molar-refractivity contribution in [1.29, 1.82) is 0 Å². The summed E-state index contributed by atoms with van der Waals surface area (Å²) in [6.45, 7) is 12.8. The zero-order valence-electron chi connectivity index (χ0n) is 16.6. The largest absolute Gasteiger partial charge is 0.444 e. The van der Waals surface area contributed by atoms with Crippen LogP contribution in [0.2, 0.25) is 0 Å². The lowest BCUT2D eigenvalue weighted by Gasteiger charge is -2.23. The third kappa shape index (κ3) is 6.58. The summed E-state index contributed by atoms with van der Waals surface area (Å²) < 4.78 is 5.34. The number of amides is 1. The molecule has 1 aliphatic heterocycles. The molecular weight excluding hydrogens is 328 g/mol. The van der Waals surface area contributed by atoms with Gasteiger partial charge in [-0.05, 0) is 46.6 Å². The van der Waals surface area contributed by atoms with Gasteiger partial charge in [0.25, 0.3) is 0 Å². The van der Waals surface area contributed by atoms with E-state index in [1.165, 1.54) is 11.1 Å². The van der Waals surface area contributed by atoms with E-state index in [0.717, 1.165) is 32.0 Å². The van der Waals surface area contributed by atoms with Crippen LogP contribution < -0.4 is 10.6 Å². The van der Waals surface area contributed by atoms with Crippen LogP contribution in [-0.4, -0.2) is 48.2 Å². The maximum Gasteiger partial charge on any atom is 0.407 e. The summed E-state index contributed by atoms with van der Waals surface area (Å²) >= 11 is 0. The average molecular weight is 361 g/mol. The second-order valence-corrected chi connectivity index (χ2v) is 7.73. The van der Waals surface area contributed by atoms with Crippen LogP contribution in [0.4, 0.5) is 4.79 Å². The number of ether oxygens (including phenoxy) is 1. The molecule has 144 valence electrons. The summed E-state index contributed by atoms with van der Waals surface area (Å²) in [6.07, 6.45) is 0.528. The van der Waals surface area contributed by atoms with Crippen molar-refractivity contribution in [2.24, 2.45) is 4.99 Å². The zero-order valence-corrected chi connectivity index (χ0v) is 16.6. The van der Waals surface area contributed by atoms with Gasteiger partial charge in [-0.2, -0.15) is 0 Å². The third-order valence-electron chi connectivity index (χ3n) is 4.08. The third-order valence-corrected chi connectivity index (χ3v) is 4.08. The van der Waals surface area contributed by atoms with Gasteiger partial charge >= 0.3 is 6.09 Å². The summed E-state index contributed by atoms with van der Waals surface area (Å²) in [6, 6.07) is 8.51. The van der Waals surface area contributed by atoms with Gasteiger partial charge in [-0.25, -0.2) is 9.79 Å². The molecule has 1 aliphatic rings. The molecule has 0 aromatic heterocycles. The summed E-state index contributed by atoms with van der Waals surface area (Å²) in [5.74, 6) is 0.890. The van der Waals surface area contributed by atoms with Crippen LogP contribution in [0.1, 0.15) is 45.2 Å². The molecule has 1 atom stereocenters. The first-order valence-corrected chi connectivity index (χ1v) is 9.35. The Morgan fingerprint density at radius 1 is 1.31 bits per heavy atom. The number of nitrogens with zero attached hydrogens (tertiary/aromatic N) is 2. The van der Waals surface area contributed by atoms with E-state index in [1.807, 2.05) is 20.8 Å². The first kappa shape index (κ1) is 20.1. The van der Waals surface area contributed by atoms with E-state index in [4.69, 9.17) is 9.73 Å². The van der Waals surface area contributed by atoms with Crippen LogP contribution in [-0.2, 0) is 11.3 Å². The fourth-order valence-electron chi connectivity index (χ4n) is 2.83. The van der Waals surface area contributed by atoms with Gasteiger partial charge in [-0.3, -0.25) is 0 Å². The lowest BCUT2D eigenvalue weighted by molar-refractivity contribution is 0.0507. The second-order valence-electron chi connectivity index (χ2n) is 7.73. The number of benzene rings is 1. The van der Waals surface area contributed by atoms with Crippen molar-refractivity contribution >= 4 is 12.1 Å². The number of carbonyl (C=O) groups is 1. The highest BCUT2D eigenvalue weighted by Gasteiger charge is 2.27. The predicted molar refractivity (Wildman–Crippen MR) is 105 cm³/mol. The van der Waals surface area contributed by atoms with E-state index in [0.29, 0.717) is 6.54 Å². The minimum Gasteiger partial charge on any atom is -0.444 e. The predicted octanol–water partition coefficient (Wildman–Crippen LogP) is 3.06. The van der Waals surface area contributed by atoms with Gasteiger partial charge in [0.05, 0.1) is 12.6 Å². The van der Waals surface area contributed by atoms with E-state index in [-0.39, 0.29) is 12.1 Å². The molecule has 1 heterocycles. The molecule has 1 aromatic carbocycles. The first-order chi connectivity index (χ1) is 12.3. The van der Waals surface area contributed by atoms with Crippen LogP contribution in [0.25, 0.3) is 0 Å². The van der Waals surface area contributed by atoms with Gasteiger partial charge < -0.3 is 20.3 Å². The molecule has 2 N–H and O–H groups in total. The summed E-state index contributed by atoms with van der Waals surface area (Å²) in [7, 11) is 0. The quantitative estimate of drug-likeness (QED) is 0.640. The Labute approximate surface area is 157 Å². The topological polar surface area (TPSA) is 66.0 Å². The highest BCUT2D eigenvalue weighted by atomic mass is 16.6. The lowest BCUT2D eigenvalue weighted by Crippen LogP contribution is -2.44. The van der Waals surface area contributed by atoms with Gasteiger partial charge in [0.1, 0.15) is 5.60 Å². The molecule has 0 aliphatic carbocycles. The molecule has 2 rings (SSSR count). The van der Waals surface area contributed by atoms with Crippen molar-refractivity contribution in [3.63, 3.8) is 0 Å². The van der Waals surface area contributed by atoms with Crippen molar-refractivity contribution in [2.75, 3.05) is 19.6 Å². The lowest BCUT2D eigenvalue weighted by atomic mass is 10.1. The number of alkyl carbamates (subject to hydrolysis) is 1. The van der Waals surface area contributed by atoms with Crippen molar-refractivity contribution in [3.05, 3.63) is 35.4 Å². The highest BCUT2D eigenvalue weighted by molar-refractivity contribution is 5.80. The summed E-state index contributed by atoms with van der Waals surface area (Å²) in [4.78, 5) is 18.9. The van der Waals surface area contributed by atoms with Gasteiger partial charge in [0.2, 0.25) is 0 Å². The van der Waals surface area contributed by atoms with E-state index in [9.17, 15) is 4.79 Å². The standard InChI is InChI=1S/C20H32N4O2/c1-6-21-18(22-13-16-9-7-15(2)8-10-16)24-12-11-17(14-24)23-19(25)26-20(3,4)5/h7-10,17H,6,11-14H2,1-5H3,(H,21,22)(H,23,25). The number of hydrogen-bond acceptors (Lipinski definition) is 3. The molecule has 0 saturated carbocycles. The molecule has 1 saturated heterocycles.